The van der Waals surface area contributed by atoms with Gasteiger partial charge in [0.25, 0.3) is 5.91 Å². The molecule has 0 atom stereocenters. The Hall–Kier alpha value is -4.30. The van der Waals surface area contributed by atoms with Gasteiger partial charge >= 0.3 is 0 Å². The standard InChI is InChI=1S/C29H31N5O3/c1-34(2)13-14-37-24-11-9-20(10-12-24)16-23(35)17-21-5-3-6-22(15-21)18-31-29-26-8-4-7-25(28(30)36)27(26)32-19-33-29/h3-12,15,19H,13-14,16-18H2,1-2H3,(H2,30,36)(H,31,32,33). The SMILES string of the molecule is CN(C)CCOc1ccc(CC(=O)Cc2cccc(CNc3ncnc4c(C(N)=O)cccc34)c2)cc1. The van der Waals surface area contributed by atoms with Gasteiger partial charge in [-0.2, -0.15) is 0 Å². The Bertz CT molecular complexity index is 1390. The zero-order chi connectivity index (χ0) is 26.2. The van der Waals surface area contributed by atoms with Gasteiger partial charge in [-0.1, -0.05) is 42.5 Å². The zero-order valence-corrected chi connectivity index (χ0v) is 21.1. The third kappa shape index (κ3) is 7.11. The van der Waals surface area contributed by atoms with E-state index in [-0.39, 0.29) is 5.78 Å². The number of primary amides is 1. The number of Topliss-reactive ketones (excluding diaryl/α,β-unsaturated/α-hetero) is 1. The van der Waals surface area contributed by atoms with Crippen LogP contribution >= 0.6 is 0 Å². The lowest BCUT2D eigenvalue weighted by atomic mass is 10.0. The Kier molecular flexibility index (Phi) is 8.43. The summed E-state index contributed by atoms with van der Waals surface area (Å²) in [6, 6.07) is 20.9. The molecular weight excluding hydrogens is 466 g/mol. The highest BCUT2D eigenvalue weighted by Crippen LogP contribution is 2.23. The maximum Gasteiger partial charge on any atom is 0.250 e. The van der Waals surface area contributed by atoms with Gasteiger partial charge in [-0.3, -0.25) is 9.59 Å². The summed E-state index contributed by atoms with van der Waals surface area (Å²) in [5, 5.41) is 4.04. The summed E-state index contributed by atoms with van der Waals surface area (Å²) in [5.41, 5.74) is 9.29. The first-order valence-corrected chi connectivity index (χ1v) is 12.1. The molecular formula is C29H31N5O3. The molecule has 0 saturated heterocycles. The van der Waals surface area contributed by atoms with Crippen LogP contribution in [0.3, 0.4) is 0 Å². The van der Waals surface area contributed by atoms with Gasteiger partial charge in [-0.25, -0.2) is 9.97 Å². The molecule has 0 aliphatic rings. The van der Waals surface area contributed by atoms with Gasteiger partial charge < -0.3 is 20.7 Å². The molecule has 37 heavy (non-hydrogen) atoms. The Morgan fingerprint density at radius 2 is 1.65 bits per heavy atom. The number of benzene rings is 3. The summed E-state index contributed by atoms with van der Waals surface area (Å²) in [7, 11) is 4.01. The molecule has 0 aliphatic carbocycles. The van der Waals surface area contributed by atoms with Crippen molar-refractivity contribution in [3.63, 3.8) is 0 Å². The largest absolute Gasteiger partial charge is 0.492 e. The summed E-state index contributed by atoms with van der Waals surface area (Å²) in [6.07, 6.45) is 2.14. The molecule has 190 valence electrons. The topological polar surface area (TPSA) is 110 Å². The number of para-hydroxylation sites is 1. The molecule has 3 N–H and O–H groups in total. The second kappa shape index (κ2) is 12.1. The van der Waals surface area contributed by atoms with Crippen LogP contribution in [0.25, 0.3) is 10.9 Å². The third-order valence-electron chi connectivity index (χ3n) is 5.91. The van der Waals surface area contributed by atoms with Gasteiger partial charge in [0, 0.05) is 31.3 Å². The summed E-state index contributed by atoms with van der Waals surface area (Å²) in [5.74, 6) is 1.04. The van der Waals surface area contributed by atoms with Crippen molar-refractivity contribution in [1.29, 1.82) is 0 Å². The van der Waals surface area contributed by atoms with E-state index in [1.807, 2.05) is 68.7 Å². The lowest BCUT2D eigenvalue weighted by Gasteiger charge is -2.11. The number of nitrogens with zero attached hydrogens (tertiary/aromatic N) is 3. The monoisotopic (exact) mass is 497 g/mol. The number of nitrogens with two attached hydrogens (primary N) is 1. The number of aromatic nitrogens is 2. The number of ether oxygens (including phenoxy) is 1. The highest BCUT2D eigenvalue weighted by atomic mass is 16.5. The van der Waals surface area contributed by atoms with E-state index in [4.69, 9.17) is 10.5 Å². The highest BCUT2D eigenvalue weighted by molar-refractivity contribution is 6.06. The van der Waals surface area contributed by atoms with Crippen molar-refractivity contribution in [3.8, 4) is 5.75 Å². The van der Waals surface area contributed by atoms with Crippen LogP contribution < -0.4 is 15.8 Å². The second-order valence-electron chi connectivity index (χ2n) is 9.15. The summed E-state index contributed by atoms with van der Waals surface area (Å²) in [6.45, 7) is 1.98. The van der Waals surface area contributed by atoms with Crippen LogP contribution in [0.4, 0.5) is 5.82 Å². The number of amides is 1. The molecule has 0 fully saturated rings. The van der Waals surface area contributed by atoms with Crippen LogP contribution in [0.5, 0.6) is 5.75 Å². The molecule has 0 unspecified atom stereocenters. The predicted molar refractivity (Wildman–Crippen MR) is 145 cm³/mol. The second-order valence-corrected chi connectivity index (χ2v) is 9.15. The van der Waals surface area contributed by atoms with Gasteiger partial charge in [-0.05, 0) is 55.1 Å². The smallest absolute Gasteiger partial charge is 0.250 e. The molecule has 4 rings (SSSR count). The van der Waals surface area contributed by atoms with Gasteiger partial charge in [0.1, 0.15) is 30.3 Å². The summed E-state index contributed by atoms with van der Waals surface area (Å²) in [4.78, 5) is 35.1. The lowest BCUT2D eigenvalue weighted by molar-refractivity contribution is -0.117. The molecule has 0 saturated carbocycles. The fourth-order valence-corrected chi connectivity index (χ4v) is 4.03. The Morgan fingerprint density at radius 1 is 0.919 bits per heavy atom. The molecule has 1 heterocycles. The number of rotatable bonds is 12. The molecule has 4 aromatic rings. The van der Waals surface area contributed by atoms with Crippen molar-refractivity contribution >= 4 is 28.4 Å². The number of likely N-dealkylation sites (N-methyl/N-ethyl adjacent to an activating group) is 1. The maximum absolute atomic E-state index is 12.7. The van der Waals surface area contributed by atoms with E-state index in [0.717, 1.165) is 34.4 Å². The van der Waals surface area contributed by atoms with Crippen LogP contribution in [0.1, 0.15) is 27.0 Å². The molecule has 0 aliphatic heterocycles. The first-order chi connectivity index (χ1) is 17.9. The molecule has 8 heteroatoms. The first kappa shape index (κ1) is 25.8. The van der Waals surface area contributed by atoms with E-state index in [1.54, 1.807) is 12.1 Å². The number of anilines is 1. The number of hydrogen-bond acceptors (Lipinski definition) is 7. The Balaban J connectivity index is 1.34. The van der Waals surface area contributed by atoms with Crippen molar-refractivity contribution in [1.82, 2.24) is 14.9 Å². The fourth-order valence-electron chi connectivity index (χ4n) is 4.03. The number of carbonyl (C=O) groups excluding carboxylic acids is 2. The minimum absolute atomic E-state index is 0.146. The Morgan fingerprint density at radius 3 is 2.41 bits per heavy atom. The molecule has 3 aromatic carbocycles. The van der Waals surface area contributed by atoms with E-state index in [1.165, 1.54) is 6.33 Å². The van der Waals surface area contributed by atoms with Crippen LogP contribution in [-0.2, 0) is 24.2 Å². The van der Waals surface area contributed by atoms with E-state index >= 15 is 0 Å². The predicted octanol–water partition coefficient (Wildman–Crippen LogP) is 3.64. The van der Waals surface area contributed by atoms with Crippen molar-refractivity contribution < 1.29 is 14.3 Å². The molecule has 1 aromatic heterocycles. The number of fused-ring (bicyclic) bond motifs is 1. The van der Waals surface area contributed by atoms with Crippen molar-refractivity contribution in [2.24, 2.45) is 5.73 Å². The van der Waals surface area contributed by atoms with Crippen molar-refractivity contribution in [2.45, 2.75) is 19.4 Å². The summed E-state index contributed by atoms with van der Waals surface area (Å²) >= 11 is 0. The molecule has 0 radical (unpaired) electrons. The zero-order valence-electron chi connectivity index (χ0n) is 21.1. The van der Waals surface area contributed by atoms with Gasteiger partial charge in [0.15, 0.2) is 0 Å². The molecule has 8 nitrogen and oxygen atoms in total. The lowest BCUT2D eigenvalue weighted by Crippen LogP contribution is -2.19. The molecule has 0 spiro atoms. The number of nitrogens with one attached hydrogen (secondary N) is 1. The Labute approximate surface area is 216 Å². The minimum atomic E-state index is -0.531. The molecule has 0 bridgehead atoms. The molecule has 1 amide bonds. The van der Waals surface area contributed by atoms with Crippen molar-refractivity contribution in [3.05, 3.63) is 95.3 Å². The fraction of sp³-hybridized carbons (Fsp3) is 0.241. The quantitative estimate of drug-likeness (QED) is 0.307. The third-order valence-corrected chi connectivity index (χ3v) is 5.91. The maximum atomic E-state index is 12.7. The van der Waals surface area contributed by atoms with Crippen molar-refractivity contribution in [2.75, 3.05) is 32.6 Å². The number of hydrogen-bond donors (Lipinski definition) is 2. The number of ketones is 1. The van der Waals surface area contributed by atoms with Gasteiger partial charge in [-0.15, -0.1) is 0 Å². The number of carbonyl (C=O) groups is 2. The first-order valence-electron chi connectivity index (χ1n) is 12.1. The van der Waals surface area contributed by atoms with E-state index < -0.39 is 5.91 Å². The van der Waals surface area contributed by atoms with Crippen LogP contribution in [0.2, 0.25) is 0 Å². The van der Waals surface area contributed by atoms with E-state index in [2.05, 4.69) is 20.2 Å². The minimum Gasteiger partial charge on any atom is -0.492 e. The van der Waals surface area contributed by atoms with Gasteiger partial charge in [0.05, 0.1) is 11.1 Å². The van der Waals surface area contributed by atoms with Crippen LogP contribution in [-0.4, -0.2) is 53.8 Å². The average molecular weight is 498 g/mol. The van der Waals surface area contributed by atoms with E-state index in [9.17, 15) is 9.59 Å². The highest BCUT2D eigenvalue weighted by Gasteiger charge is 2.11. The van der Waals surface area contributed by atoms with Crippen LogP contribution in [0.15, 0.2) is 73.1 Å². The van der Waals surface area contributed by atoms with Gasteiger partial charge in [0.2, 0.25) is 0 Å². The average Bonchev–Trinajstić information content (AvgIpc) is 2.88. The van der Waals surface area contributed by atoms with Crippen LogP contribution in [0, 0.1) is 0 Å². The summed E-state index contributed by atoms with van der Waals surface area (Å²) < 4.78 is 5.72. The van der Waals surface area contributed by atoms with E-state index in [0.29, 0.717) is 42.9 Å². The normalized spacial score (nSPS) is 11.0.